The SMILES string of the molecule is CCCCCCCOC1CCCC(NC)(C(=O)OC)C1. The molecule has 0 heterocycles. The van der Waals surface area contributed by atoms with Gasteiger partial charge in [0.25, 0.3) is 0 Å². The predicted molar refractivity (Wildman–Crippen MR) is 80.8 cm³/mol. The zero-order valence-electron chi connectivity index (χ0n) is 13.4. The van der Waals surface area contributed by atoms with E-state index in [4.69, 9.17) is 9.47 Å². The van der Waals surface area contributed by atoms with Crippen LogP contribution in [0.15, 0.2) is 0 Å². The molecule has 0 radical (unpaired) electrons. The van der Waals surface area contributed by atoms with Gasteiger partial charge in [0.2, 0.25) is 0 Å². The molecule has 0 spiro atoms. The molecule has 2 atom stereocenters. The molecule has 0 aromatic heterocycles. The van der Waals surface area contributed by atoms with Crippen LogP contribution in [0.25, 0.3) is 0 Å². The summed E-state index contributed by atoms with van der Waals surface area (Å²) in [6.07, 6.45) is 10.1. The van der Waals surface area contributed by atoms with Gasteiger partial charge >= 0.3 is 5.97 Å². The predicted octanol–water partition coefficient (Wildman–Crippen LogP) is 3.05. The number of ether oxygens (including phenoxy) is 2. The van der Waals surface area contributed by atoms with Gasteiger partial charge in [-0.3, -0.25) is 4.79 Å². The normalized spacial score (nSPS) is 26.4. The molecule has 0 aromatic rings. The van der Waals surface area contributed by atoms with Crippen molar-refractivity contribution in [3.05, 3.63) is 0 Å². The number of unbranched alkanes of at least 4 members (excludes halogenated alkanes) is 4. The third kappa shape index (κ3) is 5.06. The molecule has 1 aliphatic rings. The summed E-state index contributed by atoms with van der Waals surface area (Å²) in [6, 6.07) is 0. The molecule has 0 aliphatic heterocycles. The van der Waals surface area contributed by atoms with Gasteiger partial charge in [0.15, 0.2) is 0 Å². The third-order valence-electron chi connectivity index (χ3n) is 4.36. The van der Waals surface area contributed by atoms with Crippen LogP contribution in [0.5, 0.6) is 0 Å². The topological polar surface area (TPSA) is 47.6 Å². The molecule has 118 valence electrons. The Morgan fingerprint density at radius 2 is 2.05 bits per heavy atom. The summed E-state index contributed by atoms with van der Waals surface area (Å²) in [7, 11) is 3.30. The molecule has 0 bridgehead atoms. The molecular formula is C16H31NO3. The van der Waals surface area contributed by atoms with Crippen molar-refractivity contribution >= 4 is 5.97 Å². The number of likely N-dealkylation sites (N-methyl/N-ethyl adjacent to an activating group) is 1. The van der Waals surface area contributed by atoms with Crippen LogP contribution in [0.1, 0.15) is 64.7 Å². The summed E-state index contributed by atoms with van der Waals surface area (Å²) in [4.78, 5) is 12.0. The van der Waals surface area contributed by atoms with Crippen molar-refractivity contribution in [1.82, 2.24) is 5.32 Å². The summed E-state index contributed by atoms with van der Waals surface area (Å²) in [5.74, 6) is -0.156. The van der Waals surface area contributed by atoms with E-state index >= 15 is 0 Å². The Bertz CT molecular complexity index is 283. The first-order valence-electron chi connectivity index (χ1n) is 8.07. The van der Waals surface area contributed by atoms with E-state index in [0.717, 1.165) is 38.7 Å². The fourth-order valence-corrected chi connectivity index (χ4v) is 3.03. The Balaban J connectivity index is 2.31. The molecule has 4 heteroatoms. The van der Waals surface area contributed by atoms with Gasteiger partial charge in [-0.1, -0.05) is 32.6 Å². The highest BCUT2D eigenvalue weighted by Gasteiger charge is 2.42. The molecule has 1 fully saturated rings. The molecule has 0 aromatic carbocycles. The molecule has 1 rings (SSSR count). The van der Waals surface area contributed by atoms with Crippen molar-refractivity contribution in [2.45, 2.75) is 76.4 Å². The van der Waals surface area contributed by atoms with Crippen molar-refractivity contribution in [3.63, 3.8) is 0 Å². The van der Waals surface area contributed by atoms with Gasteiger partial charge in [-0.05, 0) is 32.7 Å². The second-order valence-electron chi connectivity index (χ2n) is 5.83. The molecular weight excluding hydrogens is 254 g/mol. The lowest BCUT2D eigenvalue weighted by molar-refractivity contribution is -0.152. The second kappa shape index (κ2) is 9.35. The van der Waals surface area contributed by atoms with E-state index in [-0.39, 0.29) is 12.1 Å². The summed E-state index contributed by atoms with van der Waals surface area (Å²) in [5, 5.41) is 3.16. The Hall–Kier alpha value is -0.610. The number of hydrogen-bond acceptors (Lipinski definition) is 4. The maximum absolute atomic E-state index is 12.0. The van der Waals surface area contributed by atoms with Crippen LogP contribution in [0.2, 0.25) is 0 Å². The van der Waals surface area contributed by atoms with Crippen LogP contribution in [0.3, 0.4) is 0 Å². The number of carbonyl (C=O) groups is 1. The van der Waals surface area contributed by atoms with Gasteiger partial charge in [-0.25, -0.2) is 0 Å². The first-order chi connectivity index (χ1) is 9.68. The minimum absolute atomic E-state index is 0.156. The van der Waals surface area contributed by atoms with E-state index in [1.54, 1.807) is 0 Å². The van der Waals surface area contributed by atoms with Crippen molar-refractivity contribution in [2.75, 3.05) is 20.8 Å². The molecule has 1 saturated carbocycles. The van der Waals surface area contributed by atoms with E-state index in [1.165, 1.54) is 32.8 Å². The minimum atomic E-state index is -0.542. The van der Waals surface area contributed by atoms with Crippen LogP contribution in [-0.4, -0.2) is 38.4 Å². The lowest BCUT2D eigenvalue weighted by atomic mass is 9.80. The van der Waals surface area contributed by atoms with Crippen molar-refractivity contribution in [1.29, 1.82) is 0 Å². The molecule has 4 nitrogen and oxygen atoms in total. The van der Waals surface area contributed by atoms with Gasteiger partial charge in [0.1, 0.15) is 5.54 Å². The van der Waals surface area contributed by atoms with E-state index in [0.29, 0.717) is 0 Å². The number of methoxy groups -OCH3 is 1. The Labute approximate surface area is 123 Å². The fourth-order valence-electron chi connectivity index (χ4n) is 3.03. The number of carbonyl (C=O) groups excluding carboxylic acids is 1. The first kappa shape index (κ1) is 17.4. The number of nitrogens with one attached hydrogen (secondary N) is 1. The average molecular weight is 285 g/mol. The quantitative estimate of drug-likeness (QED) is 0.522. The van der Waals surface area contributed by atoms with E-state index in [1.807, 2.05) is 7.05 Å². The van der Waals surface area contributed by atoms with Crippen LogP contribution in [0.4, 0.5) is 0 Å². The van der Waals surface area contributed by atoms with Gasteiger partial charge < -0.3 is 14.8 Å². The highest BCUT2D eigenvalue weighted by Crippen LogP contribution is 2.31. The number of esters is 1. The largest absolute Gasteiger partial charge is 0.468 e. The minimum Gasteiger partial charge on any atom is -0.468 e. The van der Waals surface area contributed by atoms with E-state index in [9.17, 15) is 4.79 Å². The van der Waals surface area contributed by atoms with E-state index in [2.05, 4.69) is 12.2 Å². The molecule has 20 heavy (non-hydrogen) atoms. The standard InChI is InChI=1S/C16H31NO3/c1-4-5-6-7-8-12-20-14-10-9-11-16(13-14,17-2)15(18)19-3/h14,17H,4-13H2,1-3H3. The fraction of sp³-hybridized carbons (Fsp3) is 0.938. The maximum Gasteiger partial charge on any atom is 0.326 e. The summed E-state index contributed by atoms with van der Waals surface area (Å²) in [5.41, 5.74) is -0.542. The average Bonchev–Trinajstić information content (AvgIpc) is 2.50. The highest BCUT2D eigenvalue weighted by molar-refractivity contribution is 5.80. The van der Waals surface area contributed by atoms with Crippen molar-refractivity contribution in [2.24, 2.45) is 0 Å². The van der Waals surface area contributed by atoms with Crippen LogP contribution in [0, 0.1) is 0 Å². The van der Waals surface area contributed by atoms with Crippen LogP contribution < -0.4 is 5.32 Å². The summed E-state index contributed by atoms with van der Waals surface area (Å²) in [6.45, 7) is 3.04. The second-order valence-corrected chi connectivity index (χ2v) is 5.83. The van der Waals surface area contributed by atoms with Crippen molar-refractivity contribution < 1.29 is 14.3 Å². The Morgan fingerprint density at radius 3 is 2.70 bits per heavy atom. The Kier molecular flexibility index (Phi) is 8.15. The highest BCUT2D eigenvalue weighted by atomic mass is 16.5. The monoisotopic (exact) mass is 285 g/mol. The number of rotatable bonds is 9. The zero-order valence-corrected chi connectivity index (χ0v) is 13.4. The summed E-state index contributed by atoms with van der Waals surface area (Å²) >= 11 is 0. The molecule has 0 amide bonds. The van der Waals surface area contributed by atoms with Gasteiger partial charge in [-0.2, -0.15) is 0 Å². The van der Waals surface area contributed by atoms with Crippen molar-refractivity contribution in [3.8, 4) is 0 Å². The van der Waals surface area contributed by atoms with Crippen LogP contribution >= 0.6 is 0 Å². The van der Waals surface area contributed by atoms with Crippen LogP contribution in [-0.2, 0) is 14.3 Å². The molecule has 1 N–H and O–H groups in total. The summed E-state index contributed by atoms with van der Waals surface area (Å²) < 4.78 is 10.9. The van der Waals surface area contributed by atoms with Gasteiger partial charge in [0.05, 0.1) is 13.2 Å². The Morgan fingerprint density at radius 1 is 1.30 bits per heavy atom. The zero-order chi connectivity index (χ0) is 14.8. The van der Waals surface area contributed by atoms with E-state index < -0.39 is 5.54 Å². The maximum atomic E-state index is 12.0. The number of hydrogen-bond donors (Lipinski definition) is 1. The third-order valence-corrected chi connectivity index (χ3v) is 4.36. The molecule has 0 saturated heterocycles. The first-order valence-corrected chi connectivity index (χ1v) is 8.07. The van der Waals surface area contributed by atoms with Gasteiger partial charge in [-0.15, -0.1) is 0 Å². The smallest absolute Gasteiger partial charge is 0.326 e. The lowest BCUT2D eigenvalue weighted by Gasteiger charge is -2.38. The van der Waals surface area contributed by atoms with Gasteiger partial charge in [0, 0.05) is 13.0 Å². The lowest BCUT2D eigenvalue weighted by Crippen LogP contribution is -2.55. The molecule has 2 unspecified atom stereocenters. The molecule has 1 aliphatic carbocycles.